The Balaban J connectivity index is 1.65. The Kier molecular flexibility index (Phi) is 5.07. The highest BCUT2D eigenvalue weighted by Gasteiger charge is 2.57. The lowest BCUT2D eigenvalue weighted by Crippen LogP contribution is -2.48. The number of ether oxygens (including phenoxy) is 2. The zero-order chi connectivity index (χ0) is 19.3. The van der Waals surface area contributed by atoms with E-state index in [1.54, 1.807) is 13.8 Å². The molecule has 1 saturated heterocycles. The number of hydrogen-bond donors (Lipinski definition) is 1. The quantitative estimate of drug-likeness (QED) is 0.446. The second-order valence-electron chi connectivity index (χ2n) is 10.0. The Labute approximate surface area is 158 Å². The molecule has 1 N–H and O–H groups in total. The molecule has 0 radical (unpaired) electrons. The molecule has 1 heterocycles. The largest absolute Gasteiger partial charge is 0.460 e. The summed E-state index contributed by atoms with van der Waals surface area (Å²) in [5, 5.41) is 10.4. The van der Waals surface area contributed by atoms with E-state index in [2.05, 4.69) is 20.4 Å². The van der Waals surface area contributed by atoms with Crippen LogP contribution in [0.1, 0.15) is 79.6 Å². The Hall–Kier alpha value is -0.870. The lowest BCUT2D eigenvalue weighted by Gasteiger charge is -2.55. The number of carbonyl (C=O) groups is 1. The van der Waals surface area contributed by atoms with Crippen LogP contribution in [-0.2, 0) is 14.3 Å². The van der Waals surface area contributed by atoms with Gasteiger partial charge in [0.05, 0.1) is 17.3 Å². The number of hydrogen-bond acceptors (Lipinski definition) is 4. The topological polar surface area (TPSA) is 59.1 Å². The number of carbonyl (C=O) groups excluding carboxylic acids is 1. The molecule has 0 aromatic heterocycles. The summed E-state index contributed by atoms with van der Waals surface area (Å²) in [6.45, 7) is 13.9. The first-order chi connectivity index (χ1) is 11.9. The third kappa shape index (κ3) is 3.87. The van der Waals surface area contributed by atoms with Crippen molar-refractivity contribution in [3.63, 3.8) is 0 Å². The van der Waals surface area contributed by atoms with Gasteiger partial charge in [-0.15, -0.1) is 0 Å². The van der Waals surface area contributed by atoms with Crippen molar-refractivity contribution in [2.45, 2.75) is 103 Å². The Morgan fingerprint density at radius 2 is 2.12 bits per heavy atom. The lowest BCUT2D eigenvalue weighted by molar-refractivity contribution is -0.162. The normalized spacial score (nSPS) is 40.8. The van der Waals surface area contributed by atoms with Gasteiger partial charge in [0.2, 0.25) is 0 Å². The summed E-state index contributed by atoms with van der Waals surface area (Å²) < 4.78 is 11.4. The molecular formula is C22H36O4. The van der Waals surface area contributed by atoms with E-state index in [0.717, 1.165) is 32.1 Å². The van der Waals surface area contributed by atoms with Crippen molar-refractivity contribution < 1.29 is 19.4 Å². The maximum Gasteiger partial charge on any atom is 0.303 e. The summed E-state index contributed by atoms with van der Waals surface area (Å²) in [5.41, 5.74) is 0.683. The van der Waals surface area contributed by atoms with Crippen LogP contribution in [0.4, 0.5) is 0 Å². The predicted octanol–water partition coefficient (Wildman–Crippen LogP) is 4.40. The molecule has 26 heavy (non-hydrogen) atoms. The van der Waals surface area contributed by atoms with Crippen LogP contribution >= 0.6 is 0 Å². The molecule has 3 rings (SSSR count). The van der Waals surface area contributed by atoms with Gasteiger partial charge in [-0.1, -0.05) is 19.1 Å². The van der Waals surface area contributed by atoms with Gasteiger partial charge in [0.25, 0.3) is 0 Å². The van der Waals surface area contributed by atoms with Crippen LogP contribution in [0.2, 0.25) is 0 Å². The van der Waals surface area contributed by atoms with Gasteiger partial charge in [0.1, 0.15) is 6.10 Å². The fraction of sp³-hybridized carbons (Fsp3) is 0.864. The van der Waals surface area contributed by atoms with E-state index in [9.17, 15) is 9.90 Å². The molecule has 3 aliphatic rings. The second-order valence-corrected chi connectivity index (χ2v) is 10.0. The van der Waals surface area contributed by atoms with Crippen molar-refractivity contribution in [2.75, 3.05) is 0 Å². The molecule has 2 aliphatic carbocycles. The van der Waals surface area contributed by atoms with Crippen LogP contribution in [0.3, 0.4) is 0 Å². The average Bonchev–Trinajstić information content (AvgIpc) is 3.14. The fourth-order valence-electron chi connectivity index (χ4n) is 5.42. The zero-order valence-corrected chi connectivity index (χ0v) is 17.1. The molecule has 4 heteroatoms. The average molecular weight is 365 g/mol. The highest BCUT2D eigenvalue weighted by molar-refractivity contribution is 5.66. The van der Waals surface area contributed by atoms with Gasteiger partial charge >= 0.3 is 5.97 Å². The maximum absolute atomic E-state index is 11.4. The standard InChI is InChI=1S/C22H36O4/c1-14-7-8-19-22(6,26-19)12-9-17-16(14)13-21(17,5)11-10-18(20(3,4)24)25-15(2)23/h16-19,24H,1,7-13H2,2-6H3/t16-,17-,18-,19+,21-,22-/m1/s1. The minimum Gasteiger partial charge on any atom is -0.460 e. The number of fused-ring (bicyclic) bond motifs is 2. The van der Waals surface area contributed by atoms with Crippen LogP contribution < -0.4 is 0 Å². The number of aliphatic hydroxyl groups is 1. The number of epoxide rings is 1. The maximum atomic E-state index is 11.4. The van der Waals surface area contributed by atoms with E-state index in [-0.39, 0.29) is 17.0 Å². The molecule has 0 aromatic rings. The molecule has 6 atom stereocenters. The zero-order valence-electron chi connectivity index (χ0n) is 17.1. The monoisotopic (exact) mass is 364 g/mol. The predicted molar refractivity (Wildman–Crippen MR) is 102 cm³/mol. The number of esters is 1. The molecule has 148 valence electrons. The van der Waals surface area contributed by atoms with Gasteiger partial charge in [0.15, 0.2) is 0 Å². The first-order valence-electron chi connectivity index (χ1n) is 10.2. The molecule has 2 saturated carbocycles. The van der Waals surface area contributed by atoms with Crippen LogP contribution in [0, 0.1) is 17.3 Å². The Morgan fingerprint density at radius 1 is 1.42 bits per heavy atom. The molecule has 3 fully saturated rings. The van der Waals surface area contributed by atoms with Crippen LogP contribution in [0.5, 0.6) is 0 Å². The Bertz CT molecular complexity index is 577. The Morgan fingerprint density at radius 3 is 2.73 bits per heavy atom. The van der Waals surface area contributed by atoms with Crippen molar-refractivity contribution in [1.82, 2.24) is 0 Å². The summed E-state index contributed by atoms with van der Waals surface area (Å²) >= 11 is 0. The van der Waals surface area contributed by atoms with E-state index < -0.39 is 11.7 Å². The van der Waals surface area contributed by atoms with Crippen molar-refractivity contribution in [3.05, 3.63) is 12.2 Å². The molecule has 0 bridgehead atoms. The van der Waals surface area contributed by atoms with Crippen molar-refractivity contribution >= 4 is 5.97 Å². The fourth-order valence-corrected chi connectivity index (χ4v) is 5.42. The lowest BCUT2D eigenvalue weighted by atomic mass is 9.49. The van der Waals surface area contributed by atoms with Gasteiger partial charge < -0.3 is 14.6 Å². The molecule has 0 aromatic carbocycles. The summed E-state index contributed by atoms with van der Waals surface area (Å²) in [6, 6.07) is 0. The van der Waals surface area contributed by atoms with E-state index in [1.165, 1.54) is 18.9 Å². The van der Waals surface area contributed by atoms with E-state index in [0.29, 0.717) is 24.4 Å². The van der Waals surface area contributed by atoms with Gasteiger partial charge in [-0.05, 0) is 83.0 Å². The summed E-state index contributed by atoms with van der Waals surface area (Å²) in [7, 11) is 0. The van der Waals surface area contributed by atoms with Gasteiger partial charge in [0, 0.05) is 6.92 Å². The SMILES string of the molecule is C=C1CC[C@@H]2O[C@]2(C)CC[C@@H]2[C@@H]1C[C@@]2(C)CC[C@@H](OC(C)=O)C(C)(C)O. The first-order valence-corrected chi connectivity index (χ1v) is 10.2. The highest BCUT2D eigenvalue weighted by atomic mass is 16.6. The molecule has 1 aliphatic heterocycles. The molecule has 0 unspecified atom stereocenters. The molecule has 4 nitrogen and oxygen atoms in total. The van der Waals surface area contributed by atoms with E-state index >= 15 is 0 Å². The van der Waals surface area contributed by atoms with E-state index in [4.69, 9.17) is 9.47 Å². The minimum atomic E-state index is -1.02. The summed E-state index contributed by atoms with van der Waals surface area (Å²) in [4.78, 5) is 11.4. The summed E-state index contributed by atoms with van der Waals surface area (Å²) in [6.07, 6.45) is 7.29. The number of allylic oxidation sites excluding steroid dienone is 1. The van der Waals surface area contributed by atoms with Crippen molar-refractivity contribution in [3.8, 4) is 0 Å². The van der Waals surface area contributed by atoms with Gasteiger partial charge in [-0.3, -0.25) is 4.79 Å². The third-order valence-electron chi connectivity index (χ3n) is 7.38. The molecular weight excluding hydrogens is 328 g/mol. The minimum absolute atomic E-state index is 0.0824. The highest BCUT2D eigenvalue weighted by Crippen LogP contribution is 2.61. The summed E-state index contributed by atoms with van der Waals surface area (Å²) in [5.74, 6) is 0.916. The van der Waals surface area contributed by atoms with Crippen LogP contribution in [0.15, 0.2) is 12.2 Å². The third-order valence-corrected chi connectivity index (χ3v) is 7.38. The molecule has 0 amide bonds. The smallest absolute Gasteiger partial charge is 0.303 e. The van der Waals surface area contributed by atoms with E-state index in [1.807, 2.05) is 0 Å². The first kappa shape index (κ1) is 19.9. The molecule has 0 spiro atoms. The van der Waals surface area contributed by atoms with Crippen LogP contribution in [0.25, 0.3) is 0 Å². The van der Waals surface area contributed by atoms with Crippen molar-refractivity contribution in [1.29, 1.82) is 0 Å². The van der Waals surface area contributed by atoms with Crippen molar-refractivity contribution in [2.24, 2.45) is 17.3 Å². The van der Waals surface area contributed by atoms with Gasteiger partial charge in [-0.2, -0.15) is 0 Å². The van der Waals surface area contributed by atoms with Crippen LogP contribution in [-0.4, -0.2) is 34.5 Å². The second kappa shape index (κ2) is 6.63. The van der Waals surface area contributed by atoms with Gasteiger partial charge in [-0.25, -0.2) is 0 Å². The number of rotatable bonds is 5.